The van der Waals surface area contributed by atoms with Crippen molar-refractivity contribution in [3.8, 4) is 5.69 Å². The van der Waals surface area contributed by atoms with Gasteiger partial charge in [0, 0.05) is 24.1 Å². The van der Waals surface area contributed by atoms with Crippen LogP contribution in [0, 0.1) is 0 Å². The van der Waals surface area contributed by atoms with E-state index in [1.54, 1.807) is 29.8 Å². The summed E-state index contributed by atoms with van der Waals surface area (Å²) in [7, 11) is 0. The number of nitrogens with zero attached hydrogens (tertiary/aromatic N) is 2. The van der Waals surface area contributed by atoms with Gasteiger partial charge in [-0.15, -0.1) is 0 Å². The SMILES string of the molecule is CCC(=O)Nc1cc(C(=O)NCc2ccc(Cl)cc2)nn1-c1ccccc1. The van der Waals surface area contributed by atoms with Crippen LogP contribution in [0.3, 0.4) is 0 Å². The number of hydrogen-bond acceptors (Lipinski definition) is 3. The zero-order valence-corrected chi connectivity index (χ0v) is 15.5. The molecule has 27 heavy (non-hydrogen) atoms. The molecule has 0 aliphatic rings. The number of nitrogens with one attached hydrogen (secondary N) is 2. The molecule has 6 nitrogen and oxygen atoms in total. The normalized spacial score (nSPS) is 10.4. The summed E-state index contributed by atoms with van der Waals surface area (Å²) >= 11 is 5.87. The predicted octanol–water partition coefficient (Wildman–Crippen LogP) is 3.80. The van der Waals surface area contributed by atoms with E-state index in [2.05, 4.69) is 15.7 Å². The Morgan fingerprint density at radius 3 is 2.44 bits per heavy atom. The molecule has 1 aromatic heterocycles. The largest absolute Gasteiger partial charge is 0.347 e. The molecule has 138 valence electrons. The molecule has 2 aromatic carbocycles. The first kappa shape index (κ1) is 18.7. The molecule has 3 aromatic rings. The molecule has 0 aliphatic carbocycles. The van der Waals surface area contributed by atoms with Gasteiger partial charge in [0.25, 0.3) is 5.91 Å². The summed E-state index contributed by atoms with van der Waals surface area (Å²) in [6.07, 6.45) is 0.331. The van der Waals surface area contributed by atoms with Crippen LogP contribution < -0.4 is 10.6 Å². The maximum atomic E-state index is 12.5. The number of aromatic nitrogens is 2. The Hall–Kier alpha value is -3.12. The van der Waals surface area contributed by atoms with E-state index in [1.807, 2.05) is 42.5 Å². The summed E-state index contributed by atoms with van der Waals surface area (Å²) in [6, 6.07) is 18.1. The molecular weight excluding hydrogens is 364 g/mol. The predicted molar refractivity (Wildman–Crippen MR) is 105 cm³/mol. The fourth-order valence-corrected chi connectivity index (χ4v) is 2.58. The Labute approximate surface area is 162 Å². The van der Waals surface area contributed by atoms with Crippen LogP contribution in [-0.4, -0.2) is 21.6 Å². The number of anilines is 1. The second-order valence-corrected chi connectivity index (χ2v) is 6.31. The number of benzene rings is 2. The molecule has 0 bridgehead atoms. The fourth-order valence-electron chi connectivity index (χ4n) is 2.45. The summed E-state index contributed by atoms with van der Waals surface area (Å²) in [5, 5.41) is 10.6. The second-order valence-electron chi connectivity index (χ2n) is 5.87. The lowest BCUT2D eigenvalue weighted by molar-refractivity contribution is -0.115. The Kier molecular flexibility index (Phi) is 5.88. The molecule has 0 atom stereocenters. The van der Waals surface area contributed by atoms with Gasteiger partial charge in [-0.05, 0) is 29.8 Å². The number of hydrogen-bond donors (Lipinski definition) is 2. The number of carbonyl (C=O) groups is 2. The zero-order valence-electron chi connectivity index (χ0n) is 14.8. The highest BCUT2D eigenvalue weighted by atomic mass is 35.5. The third-order valence-corrected chi connectivity index (χ3v) is 4.15. The molecule has 0 fully saturated rings. The number of para-hydroxylation sites is 1. The Bertz CT molecular complexity index is 936. The highest BCUT2D eigenvalue weighted by Gasteiger charge is 2.16. The van der Waals surface area contributed by atoms with Crippen LogP contribution in [0.1, 0.15) is 29.4 Å². The van der Waals surface area contributed by atoms with Gasteiger partial charge >= 0.3 is 0 Å². The Balaban J connectivity index is 1.81. The van der Waals surface area contributed by atoms with Crippen LogP contribution in [0.5, 0.6) is 0 Å². The third kappa shape index (κ3) is 4.74. The van der Waals surface area contributed by atoms with E-state index < -0.39 is 0 Å². The topological polar surface area (TPSA) is 76.0 Å². The van der Waals surface area contributed by atoms with Gasteiger partial charge in [0.15, 0.2) is 5.69 Å². The first-order valence-corrected chi connectivity index (χ1v) is 8.92. The van der Waals surface area contributed by atoms with Crippen molar-refractivity contribution < 1.29 is 9.59 Å². The summed E-state index contributed by atoms with van der Waals surface area (Å²) in [4.78, 5) is 24.3. The molecule has 0 unspecified atom stereocenters. The molecule has 0 radical (unpaired) electrons. The minimum atomic E-state index is -0.327. The molecule has 3 rings (SSSR count). The van der Waals surface area contributed by atoms with Crippen LogP contribution in [0.25, 0.3) is 5.69 Å². The molecule has 7 heteroatoms. The van der Waals surface area contributed by atoms with E-state index >= 15 is 0 Å². The molecule has 1 heterocycles. The van der Waals surface area contributed by atoms with Crippen molar-refractivity contribution in [2.45, 2.75) is 19.9 Å². The van der Waals surface area contributed by atoms with Gasteiger partial charge in [-0.2, -0.15) is 5.10 Å². The van der Waals surface area contributed by atoms with E-state index in [0.717, 1.165) is 11.3 Å². The number of carbonyl (C=O) groups excluding carboxylic acids is 2. The van der Waals surface area contributed by atoms with Crippen molar-refractivity contribution in [1.29, 1.82) is 0 Å². The number of amides is 2. The summed E-state index contributed by atoms with van der Waals surface area (Å²) in [5.74, 6) is -0.0310. The summed E-state index contributed by atoms with van der Waals surface area (Å²) in [5.41, 5.74) is 1.90. The highest BCUT2D eigenvalue weighted by Crippen LogP contribution is 2.18. The van der Waals surface area contributed by atoms with E-state index in [0.29, 0.717) is 23.8 Å². The zero-order chi connectivity index (χ0) is 19.2. The minimum absolute atomic E-state index is 0.153. The van der Waals surface area contributed by atoms with Gasteiger partial charge in [-0.25, -0.2) is 4.68 Å². The number of halogens is 1. The van der Waals surface area contributed by atoms with E-state index in [4.69, 9.17) is 11.6 Å². The molecule has 0 aliphatic heterocycles. The van der Waals surface area contributed by atoms with Crippen LogP contribution in [0.2, 0.25) is 5.02 Å². The molecule has 2 N–H and O–H groups in total. The molecule has 2 amide bonds. The first-order valence-electron chi connectivity index (χ1n) is 8.55. The van der Waals surface area contributed by atoms with Crippen LogP contribution in [-0.2, 0) is 11.3 Å². The van der Waals surface area contributed by atoms with Gasteiger partial charge < -0.3 is 10.6 Å². The van der Waals surface area contributed by atoms with Crippen LogP contribution >= 0.6 is 11.6 Å². The lowest BCUT2D eigenvalue weighted by Crippen LogP contribution is -2.23. The quantitative estimate of drug-likeness (QED) is 0.680. The lowest BCUT2D eigenvalue weighted by Gasteiger charge is -2.07. The van der Waals surface area contributed by atoms with Crippen molar-refractivity contribution >= 4 is 29.2 Å². The van der Waals surface area contributed by atoms with Crippen molar-refractivity contribution in [3.05, 3.63) is 76.9 Å². The standard InChI is InChI=1S/C20H19ClN4O2/c1-2-19(26)23-18-12-17(24-25(18)16-6-4-3-5-7-16)20(27)22-13-14-8-10-15(21)11-9-14/h3-12H,2,13H2,1H3,(H,22,27)(H,23,26). The van der Waals surface area contributed by atoms with Gasteiger partial charge in [0.05, 0.1) is 5.69 Å². The van der Waals surface area contributed by atoms with E-state index in [9.17, 15) is 9.59 Å². The maximum absolute atomic E-state index is 12.5. The van der Waals surface area contributed by atoms with Gasteiger partial charge in [-0.3, -0.25) is 9.59 Å². The Morgan fingerprint density at radius 2 is 1.78 bits per heavy atom. The van der Waals surface area contributed by atoms with Gasteiger partial charge in [0.2, 0.25) is 5.91 Å². The summed E-state index contributed by atoms with van der Waals surface area (Å²) in [6.45, 7) is 2.11. The van der Waals surface area contributed by atoms with E-state index in [-0.39, 0.29) is 17.5 Å². The second kappa shape index (κ2) is 8.51. The maximum Gasteiger partial charge on any atom is 0.272 e. The smallest absolute Gasteiger partial charge is 0.272 e. The Morgan fingerprint density at radius 1 is 1.07 bits per heavy atom. The van der Waals surface area contributed by atoms with Crippen molar-refractivity contribution in [2.75, 3.05) is 5.32 Å². The van der Waals surface area contributed by atoms with Crippen LogP contribution in [0.4, 0.5) is 5.82 Å². The minimum Gasteiger partial charge on any atom is -0.347 e. The van der Waals surface area contributed by atoms with Crippen molar-refractivity contribution in [3.63, 3.8) is 0 Å². The highest BCUT2D eigenvalue weighted by molar-refractivity contribution is 6.30. The van der Waals surface area contributed by atoms with Gasteiger partial charge in [0.1, 0.15) is 5.82 Å². The fraction of sp³-hybridized carbons (Fsp3) is 0.150. The first-order chi connectivity index (χ1) is 13.1. The average molecular weight is 383 g/mol. The molecular formula is C20H19ClN4O2. The van der Waals surface area contributed by atoms with Gasteiger partial charge in [-0.1, -0.05) is 48.9 Å². The van der Waals surface area contributed by atoms with Crippen molar-refractivity contribution in [1.82, 2.24) is 15.1 Å². The lowest BCUT2D eigenvalue weighted by atomic mass is 10.2. The molecule has 0 saturated heterocycles. The van der Waals surface area contributed by atoms with Crippen molar-refractivity contribution in [2.24, 2.45) is 0 Å². The number of rotatable bonds is 6. The third-order valence-electron chi connectivity index (χ3n) is 3.90. The summed E-state index contributed by atoms with van der Waals surface area (Å²) < 4.78 is 1.55. The van der Waals surface area contributed by atoms with Crippen LogP contribution in [0.15, 0.2) is 60.7 Å². The average Bonchev–Trinajstić information content (AvgIpc) is 3.11. The van der Waals surface area contributed by atoms with E-state index in [1.165, 1.54) is 0 Å². The molecule has 0 spiro atoms. The molecule has 0 saturated carbocycles. The monoisotopic (exact) mass is 382 g/mol.